The number of hydrogen-bond acceptors (Lipinski definition) is 5. The molecule has 1 heterocycles. The fourth-order valence-electron chi connectivity index (χ4n) is 2.50. The average Bonchev–Trinajstić information content (AvgIpc) is 3.18. The molecule has 1 aromatic heterocycles. The molecule has 28 heavy (non-hydrogen) atoms. The van der Waals surface area contributed by atoms with Crippen LogP contribution in [0.15, 0.2) is 53.9 Å². The lowest BCUT2D eigenvalue weighted by molar-refractivity contribution is -0.113. The Kier molecular flexibility index (Phi) is 7.12. The van der Waals surface area contributed by atoms with Gasteiger partial charge in [-0.15, -0.1) is 29.5 Å². The Bertz CT molecular complexity index is 975. The first-order chi connectivity index (χ1) is 13.7. The lowest BCUT2D eigenvalue weighted by Gasteiger charge is -2.05. The first-order valence-corrected chi connectivity index (χ1v) is 10.8. The van der Waals surface area contributed by atoms with Crippen LogP contribution in [0.1, 0.15) is 18.2 Å². The smallest absolute Gasteiger partial charge is 0.234 e. The van der Waals surface area contributed by atoms with Gasteiger partial charge in [0.15, 0.2) is 0 Å². The second-order valence-electron chi connectivity index (χ2n) is 5.87. The van der Waals surface area contributed by atoms with Gasteiger partial charge in [-0.05, 0) is 49.4 Å². The van der Waals surface area contributed by atoms with Crippen LogP contribution in [0.3, 0.4) is 0 Å². The minimum Gasteiger partial charge on any atom is -0.494 e. The minimum atomic E-state index is -0.0545. The molecule has 1 amide bonds. The molecule has 1 N–H and O–H groups in total. The summed E-state index contributed by atoms with van der Waals surface area (Å²) in [6, 6.07) is 15.2. The zero-order chi connectivity index (χ0) is 19.8. The highest BCUT2D eigenvalue weighted by atomic mass is 32.2. The topological polar surface area (TPSA) is 51.2 Å². The predicted molar refractivity (Wildman–Crippen MR) is 118 cm³/mol. The van der Waals surface area contributed by atoms with Crippen LogP contribution in [-0.4, -0.2) is 23.3 Å². The maximum Gasteiger partial charge on any atom is 0.234 e. The number of thioether (sulfide) groups is 1. The van der Waals surface area contributed by atoms with Crippen LogP contribution in [0.4, 0.5) is 5.69 Å². The minimum absolute atomic E-state index is 0.0545. The third-order valence-corrected chi connectivity index (χ3v) is 5.67. The second kappa shape index (κ2) is 9.98. The number of rotatable bonds is 8. The lowest BCUT2D eigenvalue weighted by Crippen LogP contribution is -2.14. The van der Waals surface area contributed by atoms with E-state index < -0.39 is 0 Å². The van der Waals surface area contributed by atoms with Gasteiger partial charge < -0.3 is 10.1 Å². The Morgan fingerprint density at radius 2 is 2.11 bits per heavy atom. The Labute approximate surface area is 173 Å². The Hall–Kier alpha value is -2.75. The first-order valence-electron chi connectivity index (χ1n) is 8.80. The van der Waals surface area contributed by atoms with Gasteiger partial charge in [0.05, 0.1) is 18.1 Å². The third-order valence-electron chi connectivity index (χ3n) is 3.76. The maximum absolute atomic E-state index is 12.1. The van der Waals surface area contributed by atoms with Crippen molar-refractivity contribution in [3.63, 3.8) is 0 Å². The first kappa shape index (κ1) is 20.0. The highest BCUT2D eigenvalue weighted by Gasteiger charge is 2.08. The fourth-order valence-corrected chi connectivity index (χ4v) is 4.15. The quantitative estimate of drug-likeness (QED) is 0.529. The molecule has 2 aromatic carbocycles. The molecule has 6 heteroatoms. The third kappa shape index (κ3) is 5.62. The molecule has 142 valence electrons. The summed E-state index contributed by atoms with van der Waals surface area (Å²) in [5.74, 6) is 4.41. The summed E-state index contributed by atoms with van der Waals surface area (Å²) in [5.41, 5.74) is 3.50. The van der Waals surface area contributed by atoms with Crippen molar-refractivity contribution in [2.24, 2.45) is 0 Å². The van der Waals surface area contributed by atoms with Crippen molar-refractivity contribution in [1.82, 2.24) is 4.98 Å². The van der Waals surface area contributed by atoms with Crippen LogP contribution in [-0.2, 0) is 10.5 Å². The number of aromatic nitrogens is 1. The molecule has 0 atom stereocenters. The van der Waals surface area contributed by atoms with Crippen LogP contribution in [0.25, 0.3) is 10.6 Å². The van der Waals surface area contributed by atoms with Gasteiger partial charge in [0.1, 0.15) is 10.8 Å². The van der Waals surface area contributed by atoms with Gasteiger partial charge in [-0.3, -0.25) is 4.79 Å². The largest absolute Gasteiger partial charge is 0.494 e. The molecule has 0 fully saturated rings. The molecule has 0 saturated heterocycles. The summed E-state index contributed by atoms with van der Waals surface area (Å²) in [6.45, 7) is 2.62. The monoisotopic (exact) mass is 408 g/mol. The van der Waals surface area contributed by atoms with Crippen LogP contribution in [0.5, 0.6) is 5.75 Å². The molecule has 0 aliphatic heterocycles. The van der Waals surface area contributed by atoms with Crippen LogP contribution >= 0.6 is 23.1 Å². The van der Waals surface area contributed by atoms with E-state index in [0.717, 1.165) is 27.6 Å². The second-order valence-corrected chi connectivity index (χ2v) is 7.71. The van der Waals surface area contributed by atoms with Crippen molar-refractivity contribution < 1.29 is 9.53 Å². The molecule has 0 radical (unpaired) electrons. The number of thiazole rings is 1. The standard InChI is InChI=1S/C22H20N2O2S2/c1-3-16-6-5-7-18(12-16)23-21(25)15-27-13-19-14-28-22(24-19)17-8-10-20(11-9-17)26-4-2/h1,5-12,14H,4,13,15H2,2H3,(H,23,25). The summed E-state index contributed by atoms with van der Waals surface area (Å²) < 4.78 is 5.47. The summed E-state index contributed by atoms with van der Waals surface area (Å²) in [5, 5.41) is 5.87. The molecule has 3 rings (SSSR count). The average molecular weight is 409 g/mol. The van der Waals surface area contributed by atoms with Gasteiger partial charge in [-0.2, -0.15) is 0 Å². The van der Waals surface area contributed by atoms with E-state index in [1.54, 1.807) is 17.4 Å². The zero-order valence-electron chi connectivity index (χ0n) is 15.5. The number of anilines is 1. The number of carbonyl (C=O) groups excluding carboxylic acids is 1. The van der Waals surface area contributed by atoms with Crippen molar-refractivity contribution in [2.75, 3.05) is 17.7 Å². The van der Waals surface area contributed by atoms with Crippen LogP contribution < -0.4 is 10.1 Å². The van der Waals surface area contributed by atoms with Gasteiger partial charge >= 0.3 is 0 Å². The molecule has 0 unspecified atom stereocenters. The van der Waals surface area contributed by atoms with Crippen molar-refractivity contribution >= 4 is 34.7 Å². The Morgan fingerprint density at radius 1 is 1.29 bits per heavy atom. The van der Waals surface area contributed by atoms with E-state index in [9.17, 15) is 4.79 Å². The maximum atomic E-state index is 12.1. The summed E-state index contributed by atoms with van der Waals surface area (Å²) in [6.07, 6.45) is 5.38. The Morgan fingerprint density at radius 3 is 2.86 bits per heavy atom. The molecule has 4 nitrogen and oxygen atoms in total. The van der Waals surface area contributed by atoms with E-state index in [1.165, 1.54) is 11.8 Å². The summed E-state index contributed by atoms with van der Waals surface area (Å²) in [4.78, 5) is 16.8. The highest BCUT2D eigenvalue weighted by molar-refractivity contribution is 7.99. The predicted octanol–water partition coefficient (Wildman–Crippen LogP) is 5.06. The van der Waals surface area contributed by atoms with E-state index in [1.807, 2.05) is 54.8 Å². The van der Waals surface area contributed by atoms with Crippen molar-refractivity contribution in [2.45, 2.75) is 12.7 Å². The van der Waals surface area contributed by atoms with Crippen molar-refractivity contribution in [3.8, 4) is 28.7 Å². The molecule has 0 spiro atoms. The number of nitrogens with zero attached hydrogens (tertiary/aromatic N) is 1. The van der Waals surface area contributed by atoms with Crippen molar-refractivity contribution in [3.05, 3.63) is 65.2 Å². The molecule has 0 aliphatic rings. The SMILES string of the molecule is C#Cc1cccc(NC(=O)CSCc2csc(-c3ccc(OCC)cc3)n2)c1. The van der Waals surface area contributed by atoms with Crippen LogP contribution in [0.2, 0.25) is 0 Å². The number of terminal acetylenes is 1. The number of hydrogen-bond donors (Lipinski definition) is 1. The fraction of sp³-hybridized carbons (Fsp3) is 0.182. The van der Waals surface area contributed by atoms with E-state index in [0.29, 0.717) is 23.8 Å². The summed E-state index contributed by atoms with van der Waals surface area (Å²) >= 11 is 3.14. The van der Waals surface area contributed by atoms with Gasteiger partial charge in [0.25, 0.3) is 0 Å². The molecular formula is C22H20N2O2S2. The van der Waals surface area contributed by atoms with E-state index in [4.69, 9.17) is 11.2 Å². The van der Waals surface area contributed by atoms with Gasteiger partial charge in [0.2, 0.25) is 5.91 Å². The van der Waals surface area contributed by atoms with E-state index >= 15 is 0 Å². The van der Waals surface area contributed by atoms with Crippen LogP contribution in [0, 0.1) is 12.3 Å². The number of nitrogens with one attached hydrogen (secondary N) is 1. The molecule has 3 aromatic rings. The molecule has 0 saturated carbocycles. The molecule has 0 aliphatic carbocycles. The van der Waals surface area contributed by atoms with E-state index in [2.05, 4.69) is 16.2 Å². The van der Waals surface area contributed by atoms with Gasteiger partial charge in [-0.25, -0.2) is 4.98 Å². The highest BCUT2D eigenvalue weighted by Crippen LogP contribution is 2.27. The van der Waals surface area contributed by atoms with Crippen molar-refractivity contribution in [1.29, 1.82) is 0 Å². The van der Waals surface area contributed by atoms with E-state index in [-0.39, 0.29) is 5.91 Å². The number of ether oxygens (including phenoxy) is 1. The summed E-state index contributed by atoms with van der Waals surface area (Å²) in [7, 11) is 0. The number of benzene rings is 2. The van der Waals surface area contributed by atoms with Gasteiger partial charge in [-0.1, -0.05) is 12.0 Å². The zero-order valence-corrected chi connectivity index (χ0v) is 17.1. The Balaban J connectivity index is 1.49. The number of amides is 1. The molecule has 0 bridgehead atoms. The number of carbonyl (C=O) groups is 1. The normalized spacial score (nSPS) is 10.3. The molecular weight excluding hydrogens is 388 g/mol. The lowest BCUT2D eigenvalue weighted by atomic mass is 10.2. The van der Waals surface area contributed by atoms with Gasteiger partial charge in [0, 0.05) is 27.9 Å².